The van der Waals surface area contributed by atoms with Crippen LogP contribution in [0.15, 0.2) is 18.2 Å². The van der Waals surface area contributed by atoms with E-state index >= 15 is 0 Å². The van der Waals surface area contributed by atoms with Crippen LogP contribution in [-0.4, -0.2) is 12.6 Å². The molecule has 0 radical (unpaired) electrons. The molecule has 0 aliphatic rings. The fourth-order valence-electron chi connectivity index (χ4n) is 2.28. The summed E-state index contributed by atoms with van der Waals surface area (Å²) in [6, 6.07) is 5.15. The molecule has 1 N–H and O–H groups in total. The molecule has 0 spiro atoms. The molecule has 0 saturated carbocycles. The van der Waals surface area contributed by atoms with E-state index in [4.69, 9.17) is 11.6 Å². The second-order valence-electron chi connectivity index (χ2n) is 6.32. The molecular weight excluding hydrogens is 261 g/mol. The van der Waals surface area contributed by atoms with Crippen LogP contribution < -0.4 is 5.32 Å². The Balaban J connectivity index is 2.81. The molecule has 1 unspecified atom stereocenters. The predicted octanol–water partition coefficient (Wildman–Crippen LogP) is 4.83. The van der Waals surface area contributed by atoms with E-state index in [1.54, 1.807) is 12.1 Å². The number of hydrogen-bond donors (Lipinski definition) is 1. The molecule has 0 amide bonds. The zero-order valence-corrected chi connectivity index (χ0v) is 13.1. The van der Waals surface area contributed by atoms with Gasteiger partial charge in [-0.05, 0) is 43.4 Å². The third-order valence-electron chi connectivity index (χ3n) is 3.05. The van der Waals surface area contributed by atoms with E-state index < -0.39 is 0 Å². The number of nitrogens with one attached hydrogen (secondary N) is 1. The molecule has 0 saturated heterocycles. The first-order valence-corrected chi connectivity index (χ1v) is 7.37. The van der Waals surface area contributed by atoms with Crippen molar-refractivity contribution in [1.82, 2.24) is 5.32 Å². The third kappa shape index (κ3) is 5.92. The summed E-state index contributed by atoms with van der Waals surface area (Å²) in [6.45, 7) is 9.70. The lowest BCUT2D eigenvalue weighted by molar-refractivity contribution is 0.305. The molecule has 1 rings (SSSR count). The van der Waals surface area contributed by atoms with Crippen molar-refractivity contribution in [2.75, 3.05) is 6.54 Å². The monoisotopic (exact) mass is 285 g/mol. The highest BCUT2D eigenvalue weighted by Crippen LogP contribution is 2.26. The maximum absolute atomic E-state index is 13.9. The minimum absolute atomic E-state index is 0.204. The van der Waals surface area contributed by atoms with Gasteiger partial charge in [-0.15, -0.1) is 0 Å². The van der Waals surface area contributed by atoms with Crippen molar-refractivity contribution in [3.05, 3.63) is 34.6 Å². The summed E-state index contributed by atoms with van der Waals surface area (Å²) in [4.78, 5) is 0. The molecule has 0 bridgehead atoms. The van der Waals surface area contributed by atoms with Crippen LogP contribution in [0, 0.1) is 11.2 Å². The highest BCUT2D eigenvalue weighted by molar-refractivity contribution is 6.31. The van der Waals surface area contributed by atoms with Crippen molar-refractivity contribution in [2.45, 2.75) is 53.0 Å². The van der Waals surface area contributed by atoms with Gasteiger partial charge >= 0.3 is 0 Å². The molecule has 1 aromatic carbocycles. The van der Waals surface area contributed by atoms with Crippen molar-refractivity contribution in [3.63, 3.8) is 0 Å². The van der Waals surface area contributed by atoms with E-state index in [0.29, 0.717) is 17.0 Å². The lowest BCUT2D eigenvalue weighted by Crippen LogP contribution is -2.35. The van der Waals surface area contributed by atoms with Crippen LogP contribution in [0.5, 0.6) is 0 Å². The van der Waals surface area contributed by atoms with Crippen molar-refractivity contribution >= 4 is 11.6 Å². The highest BCUT2D eigenvalue weighted by atomic mass is 35.5. The Morgan fingerprint density at radius 2 is 2.00 bits per heavy atom. The molecule has 1 nitrogen and oxygen atoms in total. The molecule has 0 aliphatic carbocycles. The van der Waals surface area contributed by atoms with Crippen molar-refractivity contribution in [1.29, 1.82) is 0 Å². The first-order chi connectivity index (χ1) is 8.83. The van der Waals surface area contributed by atoms with E-state index in [-0.39, 0.29) is 17.3 Å². The fourth-order valence-corrected chi connectivity index (χ4v) is 2.52. The summed E-state index contributed by atoms with van der Waals surface area (Å²) >= 11 is 6.11. The molecule has 19 heavy (non-hydrogen) atoms. The molecule has 0 fully saturated rings. The average molecular weight is 286 g/mol. The van der Waals surface area contributed by atoms with Crippen molar-refractivity contribution in [3.8, 4) is 0 Å². The van der Waals surface area contributed by atoms with Gasteiger partial charge in [0.05, 0.1) is 0 Å². The minimum Gasteiger partial charge on any atom is -0.314 e. The number of benzene rings is 1. The summed E-state index contributed by atoms with van der Waals surface area (Å²) in [5.41, 5.74) is 0.838. The van der Waals surface area contributed by atoms with Gasteiger partial charge in [0, 0.05) is 16.6 Å². The van der Waals surface area contributed by atoms with Crippen LogP contribution >= 0.6 is 11.6 Å². The molecule has 108 valence electrons. The first-order valence-electron chi connectivity index (χ1n) is 6.99. The molecule has 1 aromatic rings. The van der Waals surface area contributed by atoms with Gasteiger partial charge in [-0.25, -0.2) is 4.39 Å². The van der Waals surface area contributed by atoms with Gasteiger partial charge in [0.2, 0.25) is 0 Å². The zero-order valence-electron chi connectivity index (χ0n) is 12.4. The van der Waals surface area contributed by atoms with Gasteiger partial charge in [-0.1, -0.05) is 45.4 Å². The van der Waals surface area contributed by atoms with Crippen LogP contribution in [0.3, 0.4) is 0 Å². The van der Waals surface area contributed by atoms with Gasteiger partial charge in [0.1, 0.15) is 5.82 Å². The van der Waals surface area contributed by atoms with E-state index in [9.17, 15) is 4.39 Å². The Morgan fingerprint density at radius 3 is 2.53 bits per heavy atom. The second-order valence-corrected chi connectivity index (χ2v) is 6.73. The van der Waals surface area contributed by atoms with Gasteiger partial charge < -0.3 is 5.32 Å². The number of hydrogen-bond acceptors (Lipinski definition) is 1. The predicted molar refractivity (Wildman–Crippen MR) is 81.3 cm³/mol. The van der Waals surface area contributed by atoms with E-state index in [2.05, 4.69) is 33.0 Å². The van der Waals surface area contributed by atoms with Crippen LogP contribution in [0.2, 0.25) is 5.02 Å². The van der Waals surface area contributed by atoms with Gasteiger partial charge in [-0.2, -0.15) is 0 Å². The average Bonchev–Trinajstić information content (AvgIpc) is 2.29. The summed E-state index contributed by atoms with van der Waals surface area (Å²) in [5, 5.41) is 4.03. The number of halogens is 2. The third-order valence-corrected chi connectivity index (χ3v) is 3.41. The largest absolute Gasteiger partial charge is 0.314 e. The minimum atomic E-state index is -0.204. The molecule has 0 aromatic heterocycles. The standard InChI is InChI=1S/C16H25ClFN/c1-5-9-19-12(11-16(2,3)4)10-13-14(17)7-6-8-15(13)18/h6-8,12,19H,5,9-11H2,1-4H3. The SMILES string of the molecule is CCCNC(Cc1c(F)cccc1Cl)CC(C)(C)C. The summed E-state index contributed by atoms with van der Waals surface area (Å²) in [6.07, 6.45) is 2.71. The Kier molecular flexibility index (Phi) is 6.28. The van der Waals surface area contributed by atoms with E-state index in [0.717, 1.165) is 19.4 Å². The van der Waals surface area contributed by atoms with Crippen molar-refractivity contribution in [2.24, 2.45) is 5.41 Å². The van der Waals surface area contributed by atoms with Crippen LogP contribution in [0.25, 0.3) is 0 Å². The molecule has 1 atom stereocenters. The topological polar surface area (TPSA) is 12.0 Å². The van der Waals surface area contributed by atoms with Crippen LogP contribution in [-0.2, 0) is 6.42 Å². The maximum Gasteiger partial charge on any atom is 0.127 e. The molecular formula is C16H25ClFN. The summed E-state index contributed by atoms with van der Waals surface area (Å²) in [7, 11) is 0. The van der Waals surface area contributed by atoms with E-state index in [1.165, 1.54) is 6.07 Å². The second kappa shape index (κ2) is 7.25. The first kappa shape index (κ1) is 16.5. The molecule has 0 heterocycles. The van der Waals surface area contributed by atoms with Crippen LogP contribution in [0.4, 0.5) is 4.39 Å². The Bertz CT molecular complexity index is 378. The van der Waals surface area contributed by atoms with E-state index in [1.807, 2.05) is 0 Å². The zero-order chi connectivity index (χ0) is 14.5. The quantitative estimate of drug-likeness (QED) is 0.790. The Hall–Kier alpha value is -0.600. The molecule has 0 aliphatic heterocycles. The van der Waals surface area contributed by atoms with Gasteiger partial charge in [0.15, 0.2) is 0 Å². The summed E-state index contributed by atoms with van der Waals surface area (Å²) < 4.78 is 13.9. The van der Waals surface area contributed by atoms with Crippen molar-refractivity contribution < 1.29 is 4.39 Å². The normalized spacial score (nSPS) is 13.6. The lowest BCUT2D eigenvalue weighted by Gasteiger charge is -2.27. The highest BCUT2D eigenvalue weighted by Gasteiger charge is 2.20. The maximum atomic E-state index is 13.9. The van der Waals surface area contributed by atoms with Gasteiger partial charge in [-0.3, -0.25) is 0 Å². The fraction of sp³-hybridized carbons (Fsp3) is 0.625. The Morgan fingerprint density at radius 1 is 1.32 bits per heavy atom. The number of rotatable bonds is 6. The summed E-state index contributed by atoms with van der Waals surface area (Å²) in [5.74, 6) is -0.204. The lowest BCUT2D eigenvalue weighted by atomic mass is 9.85. The molecule has 3 heteroatoms. The smallest absolute Gasteiger partial charge is 0.127 e. The van der Waals surface area contributed by atoms with Gasteiger partial charge in [0.25, 0.3) is 0 Å². The Labute approximate surface area is 121 Å². The van der Waals surface area contributed by atoms with Crippen LogP contribution in [0.1, 0.15) is 46.1 Å².